The number of carbonyl (C=O) groups is 1. The summed E-state index contributed by atoms with van der Waals surface area (Å²) in [7, 11) is -2.12. The summed E-state index contributed by atoms with van der Waals surface area (Å²) >= 11 is 0. The minimum absolute atomic E-state index is 0. The van der Waals surface area contributed by atoms with Crippen LogP contribution in [0.3, 0.4) is 0 Å². The molecule has 0 saturated carbocycles. The molecule has 3 atom stereocenters. The van der Waals surface area contributed by atoms with E-state index in [1.807, 2.05) is 0 Å². The minimum atomic E-state index is -3.81. The third-order valence-corrected chi connectivity index (χ3v) is 6.34. The van der Waals surface area contributed by atoms with Crippen LogP contribution in [0.2, 0.25) is 0 Å². The van der Waals surface area contributed by atoms with Crippen LogP contribution in [-0.4, -0.2) is 49.3 Å². The Morgan fingerprint density at radius 1 is 1.40 bits per heavy atom. The number of halogens is 1. The SMILES string of the molecule is Cc1nn(C)c(C)c1S(=O)(=O)NC(C)C(=O)NC1CCNCC1C.Cl. The molecule has 0 aromatic carbocycles. The van der Waals surface area contributed by atoms with Crippen LogP contribution >= 0.6 is 12.4 Å². The van der Waals surface area contributed by atoms with Crippen LogP contribution in [0, 0.1) is 19.8 Å². The van der Waals surface area contributed by atoms with Crippen molar-refractivity contribution in [2.24, 2.45) is 13.0 Å². The van der Waals surface area contributed by atoms with Crippen LogP contribution in [0.1, 0.15) is 31.7 Å². The Hall–Kier alpha value is -1.16. The van der Waals surface area contributed by atoms with Gasteiger partial charge in [0.2, 0.25) is 15.9 Å². The zero-order valence-electron chi connectivity index (χ0n) is 15.3. The number of carbonyl (C=O) groups excluding carboxylic acids is 1. The van der Waals surface area contributed by atoms with Gasteiger partial charge < -0.3 is 10.6 Å². The van der Waals surface area contributed by atoms with Crippen LogP contribution in [0.15, 0.2) is 4.90 Å². The first-order valence-electron chi connectivity index (χ1n) is 8.17. The van der Waals surface area contributed by atoms with E-state index in [0.29, 0.717) is 17.3 Å². The molecule has 2 rings (SSSR count). The third-order valence-electron chi connectivity index (χ3n) is 4.55. The number of nitrogens with one attached hydrogen (secondary N) is 3. The smallest absolute Gasteiger partial charge is 0.244 e. The highest BCUT2D eigenvalue weighted by Gasteiger charge is 2.30. The van der Waals surface area contributed by atoms with Crippen LogP contribution in [0.4, 0.5) is 0 Å². The maximum Gasteiger partial charge on any atom is 0.244 e. The molecule has 1 aromatic rings. The first-order valence-corrected chi connectivity index (χ1v) is 9.65. The molecule has 1 amide bonds. The normalized spacial score (nSPS) is 22.1. The zero-order chi connectivity index (χ0) is 18.1. The molecule has 0 bridgehead atoms. The molecule has 1 aliphatic heterocycles. The van der Waals surface area contributed by atoms with Gasteiger partial charge in [-0.05, 0) is 46.2 Å². The molecule has 2 heterocycles. The van der Waals surface area contributed by atoms with Gasteiger partial charge in [-0.2, -0.15) is 9.82 Å². The van der Waals surface area contributed by atoms with Crippen molar-refractivity contribution < 1.29 is 13.2 Å². The summed E-state index contributed by atoms with van der Waals surface area (Å²) in [5.74, 6) is 0.00541. The molecular weight excluding hydrogens is 366 g/mol. The Balaban J connectivity index is 0.00000312. The van der Waals surface area contributed by atoms with Crippen LogP contribution in [0.5, 0.6) is 0 Å². The minimum Gasteiger partial charge on any atom is -0.352 e. The second-order valence-corrected chi connectivity index (χ2v) is 8.20. The number of aromatic nitrogens is 2. The van der Waals surface area contributed by atoms with Gasteiger partial charge in [0.05, 0.1) is 17.4 Å². The Morgan fingerprint density at radius 3 is 2.56 bits per heavy atom. The van der Waals surface area contributed by atoms with E-state index in [-0.39, 0.29) is 29.3 Å². The summed E-state index contributed by atoms with van der Waals surface area (Å²) in [6.07, 6.45) is 0.840. The van der Waals surface area contributed by atoms with Crippen molar-refractivity contribution in [2.75, 3.05) is 13.1 Å². The topological polar surface area (TPSA) is 105 Å². The number of aryl methyl sites for hydroxylation is 2. The van der Waals surface area contributed by atoms with Crippen molar-refractivity contribution in [3.63, 3.8) is 0 Å². The molecule has 1 fully saturated rings. The van der Waals surface area contributed by atoms with Crippen molar-refractivity contribution in [3.8, 4) is 0 Å². The summed E-state index contributed by atoms with van der Waals surface area (Å²) in [5, 5.41) is 10.3. The Bertz CT molecular complexity index is 719. The summed E-state index contributed by atoms with van der Waals surface area (Å²) in [4.78, 5) is 12.5. The van der Waals surface area contributed by atoms with Gasteiger partial charge in [0.1, 0.15) is 4.90 Å². The molecule has 8 nitrogen and oxygen atoms in total. The molecule has 0 aliphatic carbocycles. The first kappa shape index (κ1) is 21.9. The summed E-state index contributed by atoms with van der Waals surface area (Å²) in [5.41, 5.74) is 0.960. The summed E-state index contributed by atoms with van der Waals surface area (Å²) < 4.78 is 29.2. The fourth-order valence-corrected chi connectivity index (χ4v) is 4.67. The molecular formula is C15H28ClN5O3S. The number of nitrogens with zero attached hydrogens (tertiary/aromatic N) is 2. The summed E-state index contributed by atoms with van der Waals surface area (Å²) in [6.45, 7) is 8.65. The first-order chi connectivity index (χ1) is 11.1. The third kappa shape index (κ3) is 4.93. The summed E-state index contributed by atoms with van der Waals surface area (Å²) in [6, 6.07) is -0.788. The quantitative estimate of drug-likeness (QED) is 0.664. The van der Waals surface area contributed by atoms with E-state index >= 15 is 0 Å². The van der Waals surface area contributed by atoms with Gasteiger partial charge in [0, 0.05) is 13.1 Å². The molecule has 3 unspecified atom stereocenters. The van der Waals surface area contributed by atoms with E-state index < -0.39 is 16.1 Å². The lowest BCUT2D eigenvalue weighted by Crippen LogP contribution is -2.53. The van der Waals surface area contributed by atoms with Crippen molar-refractivity contribution in [2.45, 2.75) is 51.1 Å². The lowest BCUT2D eigenvalue weighted by atomic mass is 9.95. The molecule has 10 heteroatoms. The van der Waals surface area contributed by atoms with Crippen molar-refractivity contribution >= 4 is 28.3 Å². The van der Waals surface area contributed by atoms with E-state index in [9.17, 15) is 13.2 Å². The van der Waals surface area contributed by atoms with Crippen LogP contribution in [0.25, 0.3) is 0 Å². The van der Waals surface area contributed by atoms with E-state index in [2.05, 4.69) is 27.4 Å². The zero-order valence-corrected chi connectivity index (χ0v) is 16.9. The van der Waals surface area contributed by atoms with Gasteiger partial charge in [-0.25, -0.2) is 8.42 Å². The molecule has 3 N–H and O–H groups in total. The van der Waals surface area contributed by atoms with E-state index in [1.54, 1.807) is 27.8 Å². The largest absolute Gasteiger partial charge is 0.352 e. The van der Waals surface area contributed by atoms with Crippen molar-refractivity contribution in [1.82, 2.24) is 25.1 Å². The lowest BCUT2D eigenvalue weighted by Gasteiger charge is -2.31. The maximum atomic E-state index is 12.6. The van der Waals surface area contributed by atoms with Gasteiger partial charge >= 0.3 is 0 Å². The molecule has 0 spiro atoms. The fourth-order valence-electron chi connectivity index (χ4n) is 3.02. The van der Waals surface area contributed by atoms with Crippen LogP contribution in [-0.2, 0) is 21.9 Å². The number of hydrogen-bond donors (Lipinski definition) is 3. The molecule has 144 valence electrons. The molecule has 25 heavy (non-hydrogen) atoms. The molecule has 1 saturated heterocycles. The molecule has 0 radical (unpaired) electrons. The van der Waals surface area contributed by atoms with Gasteiger partial charge in [-0.3, -0.25) is 9.48 Å². The van der Waals surface area contributed by atoms with E-state index in [1.165, 1.54) is 4.68 Å². The van der Waals surface area contributed by atoms with E-state index in [0.717, 1.165) is 19.5 Å². The number of rotatable bonds is 5. The number of amides is 1. The fraction of sp³-hybridized carbons (Fsp3) is 0.733. The van der Waals surface area contributed by atoms with Gasteiger partial charge in [0.25, 0.3) is 0 Å². The molecule has 1 aromatic heterocycles. The standard InChI is InChI=1S/C15H27N5O3S.ClH/c1-9-8-16-7-6-13(9)17-15(21)11(3)19-24(22,23)14-10(2)18-20(5)12(14)4;/h9,11,13,16,19H,6-8H2,1-5H3,(H,17,21);1H. The maximum absolute atomic E-state index is 12.6. The highest BCUT2D eigenvalue weighted by molar-refractivity contribution is 7.89. The Labute approximate surface area is 155 Å². The monoisotopic (exact) mass is 393 g/mol. The van der Waals surface area contributed by atoms with Crippen molar-refractivity contribution in [1.29, 1.82) is 0 Å². The van der Waals surface area contributed by atoms with Crippen LogP contribution < -0.4 is 15.4 Å². The van der Waals surface area contributed by atoms with E-state index in [4.69, 9.17) is 0 Å². The highest BCUT2D eigenvalue weighted by atomic mass is 35.5. The average Bonchev–Trinajstić information content (AvgIpc) is 2.74. The highest BCUT2D eigenvalue weighted by Crippen LogP contribution is 2.18. The predicted molar refractivity (Wildman–Crippen MR) is 98.3 cm³/mol. The number of sulfonamides is 1. The predicted octanol–water partition coefficient (Wildman–Crippen LogP) is 0.240. The van der Waals surface area contributed by atoms with Gasteiger partial charge in [-0.1, -0.05) is 6.92 Å². The average molecular weight is 394 g/mol. The molecule has 1 aliphatic rings. The number of hydrogen-bond acceptors (Lipinski definition) is 5. The Morgan fingerprint density at radius 2 is 2.04 bits per heavy atom. The second kappa shape index (κ2) is 8.48. The Kier molecular flexibility index (Phi) is 7.42. The van der Waals surface area contributed by atoms with Gasteiger partial charge in [-0.15, -0.1) is 12.4 Å². The lowest BCUT2D eigenvalue weighted by molar-refractivity contribution is -0.123. The van der Waals surface area contributed by atoms with Crippen molar-refractivity contribution in [3.05, 3.63) is 11.4 Å². The van der Waals surface area contributed by atoms with Gasteiger partial charge in [0.15, 0.2) is 0 Å². The second-order valence-electron chi connectivity index (χ2n) is 6.55. The number of piperidine rings is 1.